The van der Waals surface area contributed by atoms with E-state index in [2.05, 4.69) is 4.90 Å². The number of non-ortho nitro benzene ring substituents is 1. The molecule has 0 spiro atoms. The first-order valence-corrected chi connectivity index (χ1v) is 10.2. The molecule has 1 amide bonds. The van der Waals surface area contributed by atoms with E-state index in [0.29, 0.717) is 12.1 Å². The molecule has 1 atom stereocenters. The Morgan fingerprint density at radius 2 is 1.56 bits per heavy atom. The van der Waals surface area contributed by atoms with E-state index in [1.807, 2.05) is 6.92 Å². The molecule has 0 aromatic heterocycles. The number of nitro groups is 1. The minimum atomic E-state index is -0.398. The molecule has 6 heteroatoms. The largest absolute Gasteiger partial charge is 0.336 e. The lowest BCUT2D eigenvalue weighted by atomic mass is 10.1. The van der Waals surface area contributed by atoms with Crippen molar-refractivity contribution in [1.82, 2.24) is 4.90 Å². The maximum Gasteiger partial charge on any atom is 0.269 e. The zero-order chi connectivity index (χ0) is 17.8. The second kappa shape index (κ2) is 8.21. The predicted molar refractivity (Wildman–Crippen MR) is 99.8 cm³/mol. The van der Waals surface area contributed by atoms with Crippen LogP contribution in [0.25, 0.3) is 0 Å². The molecule has 0 bridgehead atoms. The topological polar surface area (TPSA) is 63.5 Å². The van der Waals surface area contributed by atoms with Crippen LogP contribution >= 0.6 is 11.8 Å². The van der Waals surface area contributed by atoms with E-state index < -0.39 is 4.92 Å². The van der Waals surface area contributed by atoms with Crippen LogP contribution in [0.1, 0.15) is 58.3 Å². The summed E-state index contributed by atoms with van der Waals surface area (Å²) in [5, 5.41) is 10.6. The number of nitrogens with zero attached hydrogens (tertiary/aromatic N) is 2. The molecular weight excluding hydrogens is 336 g/mol. The van der Waals surface area contributed by atoms with Gasteiger partial charge in [-0.3, -0.25) is 14.9 Å². The van der Waals surface area contributed by atoms with Gasteiger partial charge < -0.3 is 4.90 Å². The van der Waals surface area contributed by atoms with Crippen LogP contribution in [0.5, 0.6) is 0 Å². The summed E-state index contributed by atoms with van der Waals surface area (Å²) in [5.41, 5.74) is 0.0851. The van der Waals surface area contributed by atoms with Crippen molar-refractivity contribution in [3.8, 4) is 0 Å². The Labute approximate surface area is 153 Å². The van der Waals surface area contributed by atoms with E-state index in [-0.39, 0.29) is 16.8 Å². The fourth-order valence-electron chi connectivity index (χ4n) is 4.13. The molecule has 0 radical (unpaired) electrons. The Kier molecular flexibility index (Phi) is 5.99. The molecule has 136 valence electrons. The lowest BCUT2D eigenvalue weighted by molar-refractivity contribution is -0.384. The van der Waals surface area contributed by atoms with Gasteiger partial charge in [0.25, 0.3) is 5.69 Å². The molecule has 0 N–H and O–H groups in total. The normalized spacial score (nSPS) is 19.9. The van der Waals surface area contributed by atoms with Gasteiger partial charge in [-0.05, 0) is 44.7 Å². The summed E-state index contributed by atoms with van der Waals surface area (Å²) in [7, 11) is 0. The molecule has 1 aromatic carbocycles. The quantitative estimate of drug-likeness (QED) is 0.415. The SMILES string of the molecule is CC(Sc1ccc([N+](=O)[O-])cc1)C(=O)N(C1CCCC1)C1CCCC1. The summed E-state index contributed by atoms with van der Waals surface area (Å²) in [6.45, 7) is 1.96. The fourth-order valence-corrected chi connectivity index (χ4v) is 5.06. The van der Waals surface area contributed by atoms with Gasteiger partial charge in [-0.15, -0.1) is 11.8 Å². The van der Waals surface area contributed by atoms with Crippen LogP contribution < -0.4 is 0 Å². The van der Waals surface area contributed by atoms with Gasteiger partial charge in [0.15, 0.2) is 0 Å². The fraction of sp³-hybridized carbons (Fsp3) is 0.632. The number of benzene rings is 1. The van der Waals surface area contributed by atoms with Gasteiger partial charge in [0.2, 0.25) is 5.91 Å². The predicted octanol–water partition coefficient (Wildman–Crippen LogP) is 4.79. The molecule has 3 rings (SSSR count). The lowest BCUT2D eigenvalue weighted by Crippen LogP contribution is -2.48. The van der Waals surface area contributed by atoms with Crippen molar-refractivity contribution in [3.63, 3.8) is 0 Å². The van der Waals surface area contributed by atoms with Crippen molar-refractivity contribution in [2.24, 2.45) is 0 Å². The Hall–Kier alpha value is -1.56. The molecule has 2 aliphatic rings. The Bertz CT molecular complexity index is 592. The highest BCUT2D eigenvalue weighted by molar-refractivity contribution is 8.00. The van der Waals surface area contributed by atoms with Crippen molar-refractivity contribution in [3.05, 3.63) is 34.4 Å². The van der Waals surface area contributed by atoms with Crippen LogP contribution in [0, 0.1) is 10.1 Å². The van der Waals surface area contributed by atoms with Crippen LogP contribution in [0.3, 0.4) is 0 Å². The summed E-state index contributed by atoms with van der Waals surface area (Å²) in [6, 6.07) is 7.31. The minimum Gasteiger partial charge on any atom is -0.336 e. The number of amides is 1. The Balaban J connectivity index is 1.68. The standard InChI is InChI=1S/C19H26N2O3S/c1-14(25-18-12-10-17(11-13-18)21(23)24)19(22)20(15-6-2-3-7-15)16-8-4-5-9-16/h10-16H,2-9H2,1H3. The summed E-state index contributed by atoms with van der Waals surface area (Å²) >= 11 is 1.50. The highest BCUT2D eigenvalue weighted by Crippen LogP contribution is 2.34. The highest BCUT2D eigenvalue weighted by Gasteiger charge is 2.36. The van der Waals surface area contributed by atoms with Crippen LogP contribution in [0.15, 0.2) is 29.2 Å². The van der Waals surface area contributed by atoms with Gasteiger partial charge in [0, 0.05) is 29.1 Å². The molecule has 0 saturated heterocycles. The van der Waals surface area contributed by atoms with Crippen LogP contribution in [0.4, 0.5) is 5.69 Å². The smallest absolute Gasteiger partial charge is 0.269 e. The maximum absolute atomic E-state index is 13.2. The van der Waals surface area contributed by atoms with Crippen molar-refractivity contribution >= 4 is 23.4 Å². The molecule has 5 nitrogen and oxygen atoms in total. The summed E-state index contributed by atoms with van der Waals surface area (Å²) in [4.78, 5) is 26.7. The minimum absolute atomic E-state index is 0.0851. The van der Waals surface area contributed by atoms with Crippen LogP contribution in [0.2, 0.25) is 0 Å². The van der Waals surface area contributed by atoms with Gasteiger partial charge in [0.1, 0.15) is 0 Å². The molecule has 2 saturated carbocycles. The van der Waals surface area contributed by atoms with Gasteiger partial charge in [-0.2, -0.15) is 0 Å². The average Bonchev–Trinajstić information content (AvgIpc) is 3.30. The second-order valence-electron chi connectivity index (χ2n) is 7.13. The number of hydrogen-bond donors (Lipinski definition) is 0. The van der Waals surface area contributed by atoms with Crippen molar-refractivity contribution in [2.45, 2.75) is 80.5 Å². The molecule has 0 aliphatic heterocycles. The number of carbonyl (C=O) groups is 1. The second-order valence-corrected chi connectivity index (χ2v) is 8.55. The van der Waals surface area contributed by atoms with Crippen LogP contribution in [-0.4, -0.2) is 33.1 Å². The van der Waals surface area contributed by atoms with Gasteiger partial charge >= 0.3 is 0 Å². The van der Waals surface area contributed by atoms with E-state index in [1.165, 1.54) is 49.6 Å². The number of carbonyl (C=O) groups excluding carboxylic acids is 1. The number of rotatable bonds is 6. The monoisotopic (exact) mass is 362 g/mol. The zero-order valence-corrected chi connectivity index (χ0v) is 15.5. The third-order valence-corrected chi connectivity index (χ3v) is 6.50. The summed E-state index contributed by atoms with van der Waals surface area (Å²) in [6.07, 6.45) is 9.45. The molecule has 25 heavy (non-hydrogen) atoms. The van der Waals surface area contributed by atoms with E-state index in [0.717, 1.165) is 30.6 Å². The third kappa shape index (κ3) is 4.35. The average molecular weight is 362 g/mol. The zero-order valence-electron chi connectivity index (χ0n) is 14.7. The Morgan fingerprint density at radius 3 is 2.00 bits per heavy atom. The van der Waals surface area contributed by atoms with E-state index in [9.17, 15) is 14.9 Å². The van der Waals surface area contributed by atoms with E-state index >= 15 is 0 Å². The maximum atomic E-state index is 13.2. The third-order valence-electron chi connectivity index (χ3n) is 5.40. The van der Waals surface area contributed by atoms with Gasteiger partial charge in [-0.1, -0.05) is 25.7 Å². The van der Waals surface area contributed by atoms with Crippen molar-refractivity contribution in [1.29, 1.82) is 0 Å². The highest BCUT2D eigenvalue weighted by atomic mass is 32.2. The van der Waals surface area contributed by atoms with Crippen molar-refractivity contribution in [2.75, 3.05) is 0 Å². The molecule has 1 unspecified atom stereocenters. The molecule has 0 heterocycles. The number of nitro benzene ring substituents is 1. The first kappa shape index (κ1) is 18.2. The molecule has 2 aliphatic carbocycles. The number of hydrogen-bond acceptors (Lipinski definition) is 4. The summed E-state index contributed by atoms with van der Waals surface area (Å²) < 4.78 is 0. The van der Waals surface area contributed by atoms with Crippen molar-refractivity contribution < 1.29 is 9.72 Å². The number of thioether (sulfide) groups is 1. The van der Waals surface area contributed by atoms with Gasteiger partial charge in [-0.25, -0.2) is 0 Å². The lowest BCUT2D eigenvalue weighted by Gasteiger charge is -2.36. The molecule has 1 aromatic rings. The van der Waals surface area contributed by atoms with Crippen LogP contribution in [-0.2, 0) is 4.79 Å². The van der Waals surface area contributed by atoms with Gasteiger partial charge in [0.05, 0.1) is 10.2 Å². The first-order chi connectivity index (χ1) is 12.1. The first-order valence-electron chi connectivity index (χ1n) is 9.29. The molecule has 2 fully saturated rings. The summed E-state index contributed by atoms with van der Waals surface area (Å²) in [5.74, 6) is 0.238. The van der Waals surface area contributed by atoms with E-state index in [1.54, 1.807) is 12.1 Å². The molecular formula is C19H26N2O3S. The Morgan fingerprint density at radius 1 is 1.08 bits per heavy atom. The van der Waals surface area contributed by atoms with E-state index in [4.69, 9.17) is 0 Å².